The molecule has 0 bridgehead atoms. The molecule has 0 aliphatic carbocycles. The summed E-state index contributed by atoms with van der Waals surface area (Å²) in [5.74, 6) is 0. The minimum absolute atomic E-state index is 0.898. The largest absolute Gasteiger partial charge is 0.455 e. The fraction of sp³-hybridized carbons (Fsp3) is 0. The molecule has 0 atom stereocenters. The van der Waals surface area contributed by atoms with Crippen LogP contribution in [-0.2, 0) is 0 Å². The summed E-state index contributed by atoms with van der Waals surface area (Å²) in [6.45, 7) is 0. The van der Waals surface area contributed by atoms with Crippen LogP contribution in [0.3, 0.4) is 0 Å². The molecule has 0 aliphatic heterocycles. The van der Waals surface area contributed by atoms with E-state index in [0.717, 1.165) is 55.8 Å². The summed E-state index contributed by atoms with van der Waals surface area (Å²) in [7, 11) is 0. The Morgan fingerprint density at radius 2 is 0.980 bits per heavy atom. The maximum atomic E-state index is 6.70. The first-order valence-corrected chi connectivity index (χ1v) is 16.7. The molecule has 0 amide bonds. The minimum atomic E-state index is 0.898. The number of nitrogens with zero attached hydrogens (tertiary/aromatic N) is 2. The van der Waals surface area contributed by atoms with Crippen LogP contribution >= 0.6 is 0 Å². The van der Waals surface area contributed by atoms with Gasteiger partial charge in [-0.15, -0.1) is 0 Å². The van der Waals surface area contributed by atoms with Crippen LogP contribution in [0.2, 0.25) is 0 Å². The second-order valence-electron chi connectivity index (χ2n) is 12.6. The molecule has 3 heteroatoms. The topological polar surface area (TPSA) is 21.3 Å². The summed E-state index contributed by atoms with van der Waals surface area (Å²) in [4.78, 5) is 2.35. The fourth-order valence-electron chi connectivity index (χ4n) is 7.55. The van der Waals surface area contributed by atoms with E-state index >= 15 is 0 Å². The second-order valence-corrected chi connectivity index (χ2v) is 12.6. The molecule has 0 radical (unpaired) electrons. The van der Waals surface area contributed by atoms with Gasteiger partial charge in [-0.3, -0.25) is 0 Å². The fourth-order valence-corrected chi connectivity index (χ4v) is 7.55. The van der Waals surface area contributed by atoms with Gasteiger partial charge in [0, 0.05) is 49.7 Å². The number of hydrogen-bond donors (Lipinski definition) is 0. The Morgan fingerprint density at radius 3 is 1.73 bits per heavy atom. The Labute approximate surface area is 283 Å². The molecule has 2 heterocycles. The zero-order valence-corrected chi connectivity index (χ0v) is 26.6. The summed E-state index contributed by atoms with van der Waals surface area (Å²) in [5.41, 5.74) is 10.7. The number of benzene rings is 8. The third-order valence-corrected chi connectivity index (χ3v) is 9.76. The van der Waals surface area contributed by atoms with Crippen molar-refractivity contribution in [3.63, 3.8) is 0 Å². The Bertz CT molecular complexity index is 2770. The molecule has 10 rings (SSSR count). The molecule has 0 saturated carbocycles. The average Bonchev–Trinajstić information content (AvgIpc) is 3.70. The summed E-state index contributed by atoms with van der Waals surface area (Å²) >= 11 is 0. The SMILES string of the molecule is c1ccc(N(c2ccc(-n3c4ccccc4c4ccccc43)cc2)c2ccccc2-c2cccc3c2oc2cc4ccccc4cc23)cc1. The maximum Gasteiger partial charge on any atom is 0.143 e. The van der Waals surface area contributed by atoms with E-state index in [-0.39, 0.29) is 0 Å². The van der Waals surface area contributed by atoms with E-state index in [1.807, 2.05) is 0 Å². The zero-order chi connectivity index (χ0) is 32.3. The lowest BCUT2D eigenvalue weighted by molar-refractivity contribution is 0.670. The average molecular weight is 627 g/mol. The van der Waals surface area contributed by atoms with Gasteiger partial charge in [-0.25, -0.2) is 0 Å². The number of furan rings is 1. The first-order valence-electron chi connectivity index (χ1n) is 16.7. The third kappa shape index (κ3) is 4.37. The van der Waals surface area contributed by atoms with Gasteiger partial charge in [0.1, 0.15) is 11.2 Å². The van der Waals surface area contributed by atoms with E-state index in [4.69, 9.17) is 4.42 Å². The van der Waals surface area contributed by atoms with Gasteiger partial charge < -0.3 is 13.9 Å². The van der Waals surface area contributed by atoms with Gasteiger partial charge in [0.25, 0.3) is 0 Å². The molecule has 10 aromatic rings. The zero-order valence-electron chi connectivity index (χ0n) is 26.6. The van der Waals surface area contributed by atoms with Gasteiger partial charge in [0.2, 0.25) is 0 Å². The molecular formula is C46H30N2O. The highest BCUT2D eigenvalue weighted by Crippen LogP contribution is 2.45. The van der Waals surface area contributed by atoms with Gasteiger partial charge in [-0.2, -0.15) is 0 Å². The second kappa shape index (κ2) is 11.0. The maximum absolute atomic E-state index is 6.70. The van der Waals surface area contributed by atoms with E-state index in [1.54, 1.807) is 0 Å². The van der Waals surface area contributed by atoms with Crippen molar-refractivity contribution in [1.29, 1.82) is 0 Å². The minimum Gasteiger partial charge on any atom is -0.455 e. The lowest BCUT2D eigenvalue weighted by atomic mass is 9.99. The summed E-state index contributed by atoms with van der Waals surface area (Å²) in [5, 5.41) is 7.16. The van der Waals surface area contributed by atoms with Gasteiger partial charge in [-0.05, 0) is 77.5 Å². The van der Waals surface area contributed by atoms with E-state index in [1.165, 1.54) is 32.6 Å². The van der Waals surface area contributed by atoms with Crippen molar-refractivity contribution in [3.8, 4) is 16.8 Å². The van der Waals surface area contributed by atoms with Gasteiger partial charge in [0.05, 0.1) is 16.7 Å². The number of fused-ring (bicyclic) bond motifs is 7. The predicted molar refractivity (Wildman–Crippen MR) is 206 cm³/mol. The first-order chi connectivity index (χ1) is 24.3. The molecular weight excluding hydrogens is 597 g/mol. The van der Waals surface area contributed by atoms with Crippen LogP contribution in [0, 0.1) is 0 Å². The highest BCUT2D eigenvalue weighted by atomic mass is 16.3. The predicted octanol–water partition coefficient (Wildman–Crippen LogP) is 13.0. The molecule has 0 spiro atoms. The van der Waals surface area contributed by atoms with Crippen molar-refractivity contribution < 1.29 is 4.42 Å². The molecule has 0 unspecified atom stereocenters. The Hall–Kier alpha value is -6.58. The van der Waals surface area contributed by atoms with Crippen molar-refractivity contribution in [3.05, 3.63) is 182 Å². The molecule has 0 N–H and O–H groups in total. The van der Waals surface area contributed by atoms with E-state index in [0.29, 0.717) is 0 Å². The monoisotopic (exact) mass is 626 g/mol. The molecule has 49 heavy (non-hydrogen) atoms. The highest BCUT2D eigenvalue weighted by molar-refractivity contribution is 6.14. The highest BCUT2D eigenvalue weighted by Gasteiger charge is 2.21. The van der Waals surface area contributed by atoms with Gasteiger partial charge in [-0.1, -0.05) is 115 Å². The van der Waals surface area contributed by atoms with Crippen LogP contribution < -0.4 is 4.90 Å². The normalized spacial score (nSPS) is 11.7. The number of aromatic nitrogens is 1. The van der Waals surface area contributed by atoms with Crippen molar-refractivity contribution in [2.24, 2.45) is 0 Å². The number of rotatable bonds is 5. The van der Waals surface area contributed by atoms with E-state index in [9.17, 15) is 0 Å². The number of anilines is 3. The number of hydrogen-bond acceptors (Lipinski definition) is 2. The molecule has 0 saturated heterocycles. The molecule has 2 aromatic heterocycles. The molecule has 0 fully saturated rings. The Kier molecular flexibility index (Phi) is 6.18. The molecule has 8 aromatic carbocycles. The lowest BCUT2D eigenvalue weighted by Gasteiger charge is -2.28. The Balaban J connectivity index is 1.15. The quantitative estimate of drug-likeness (QED) is 0.190. The standard InChI is InChI=1S/C46H30N2O/c1-2-15-33(16-3-1)47(34-25-27-35(28-26-34)48-43-23-10-6-17-36(43)37-18-7-11-24-44(37)48)42-22-9-8-19-38(42)39-20-12-21-40-41-29-31-13-4-5-14-32(31)30-45(41)49-46(39)40/h1-30H. The van der Waals surface area contributed by atoms with Crippen LogP contribution in [0.1, 0.15) is 0 Å². The Morgan fingerprint density at radius 1 is 0.408 bits per heavy atom. The first kappa shape index (κ1) is 27.5. The van der Waals surface area contributed by atoms with Crippen LogP contribution in [0.5, 0.6) is 0 Å². The van der Waals surface area contributed by atoms with Crippen LogP contribution in [0.15, 0.2) is 186 Å². The van der Waals surface area contributed by atoms with E-state index in [2.05, 4.69) is 191 Å². The summed E-state index contributed by atoms with van der Waals surface area (Å²) < 4.78 is 9.06. The van der Waals surface area contributed by atoms with Gasteiger partial charge >= 0.3 is 0 Å². The smallest absolute Gasteiger partial charge is 0.143 e. The van der Waals surface area contributed by atoms with Crippen LogP contribution in [0.4, 0.5) is 17.1 Å². The molecule has 0 aliphatic rings. The number of para-hydroxylation sites is 5. The van der Waals surface area contributed by atoms with Crippen molar-refractivity contribution in [1.82, 2.24) is 4.57 Å². The summed E-state index contributed by atoms with van der Waals surface area (Å²) in [6, 6.07) is 64.9. The molecule has 3 nitrogen and oxygen atoms in total. The van der Waals surface area contributed by atoms with Crippen LogP contribution in [0.25, 0.3) is 71.3 Å². The third-order valence-electron chi connectivity index (χ3n) is 9.76. The van der Waals surface area contributed by atoms with Crippen molar-refractivity contribution >= 4 is 71.6 Å². The lowest BCUT2D eigenvalue weighted by Crippen LogP contribution is -2.11. The summed E-state index contributed by atoms with van der Waals surface area (Å²) in [6.07, 6.45) is 0. The molecule has 230 valence electrons. The van der Waals surface area contributed by atoms with Crippen molar-refractivity contribution in [2.75, 3.05) is 4.90 Å². The van der Waals surface area contributed by atoms with E-state index < -0.39 is 0 Å². The van der Waals surface area contributed by atoms with Gasteiger partial charge in [0.15, 0.2) is 0 Å². The van der Waals surface area contributed by atoms with Crippen molar-refractivity contribution in [2.45, 2.75) is 0 Å². The van der Waals surface area contributed by atoms with Crippen LogP contribution in [-0.4, -0.2) is 4.57 Å².